The third kappa shape index (κ3) is 5.56. The number of hydrogen-bond acceptors (Lipinski definition) is 2. The molecule has 12 rings (SSSR count). The summed E-state index contributed by atoms with van der Waals surface area (Å²) in [4.78, 5) is 2.41. The Morgan fingerprint density at radius 1 is 0.361 bits per heavy atom. The van der Waals surface area contributed by atoms with Crippen molar-refractivity contribution in [2.24, 2.45) is 0 Å². The molecule has 1 aromatic heterocycles. The van der Waals surface area contributed by atoms with Crippen molar-refractivity contribution in [3.8, 4) is 44.5 Å². The molecule has 0 radical (unpaired) electrons. The Hall–Kier alpha value is -7.68. The number of hydrogen-bond donors (Lipinski definition) is 0. The summed E-state index contributed by atoms with van der Waals surface area (Å²) < 4.78 is 7.40. The highest BCUT2D eigenvalue weighted by molar-refractivity contribution is 6.24. The van der Waals surface area contributed by atoms with Crippen molar-refractivity contribution in [1.29, 1.82) is 0 Å². The molecule has 0 unspecified atom stereocenters. The predicted octanol–water partition coefficient (Wildman–Crippen LogP) is 16.7. The molecule has 1 heterocycles. The van der Waals surface area contributed by atoms with Gasteiger partial charge in [-0.3, -0.25) is 0 Å². The molecule has 0 aliphatic heterocycles. The van der Waals surface area contributed by atoms with E-state index in [9.17, 15) is 0 Å². The van der Waals surface area contributed by atoms with Crippen molar-refractivity contribution >= 4 is 60.5 Å². The van der Waals surface area contributed by atoms with Crippen LogP contribution in [0.25, 0.3) is 88.0 Å². The summed E-state index contributed by atoms with van der Waals surface area (Å²) in [5.41, 5.74) is 17.0. The molecule has 2 heteroatoms. The van der Waals surface area contributed by atoms with Crippen LogP contribution in [0.15, 0.2) is 217 Å². The van der Waals surface area contributed by atoms with Gasteiger partial charge in [-0.15, -0.1) is 0 Å². The Morgan fingerprint density at radius 3 is 1.77 bits per heavy atom. The van der Waals surface area contributed by atoms with E-state index in [0.29, 0.717) is 0 Å². The molecule has 61 heavy (non-hydrogen) atoms. The second-order valence-electron chi connectivity index (χ2n) is 16.9. The summed E-state index contributed by atoms with van der Waals surface area (Å²) in [5.74, 6) is 0. The molecule has 0 saturated carbocycles. The highest BCUT2D eigenvalue weighted by Gasteiger charge is 2.36. The van der Waals surface area contributed by atoms with E-state index in [4.69, 9.17) is 4.42 Å². The summed E-state index contributed by atoms with van der Waals surface area (Å²) >= 11 is 0. The smallest absolute Gasteiger partial charge is 0.160 e. The van der Waals surface area contributed by atoms with E-state index in [0.717, 1.165) is 55.5 Å². The van der Waals surface area contributed by atoms with Gasteiger partial charge in [0, 0.05) is 32.9 Å². The van der Waals surface area contributed by atoms with Gasteiger partial charge >= 0.3 is 0 Å². The maximum Gasteiger partial charge on any atom is 0.160 e. The quantitative estimate of drug-likeness (QED) is 0.167. The number of rotatable bonds is 6. The van der Waals surface area contributed by atoms with E-state index < -0.39 is 0 Å². The second-order valence-corrected chi connectivity index (χ2v) is 16.9. The normalized spacial score (nSPS) is 12.9. The van der Waals surface area contributed by atoms with Crippen LogP contribution in [0.4, 0.5) is 17.1 Å². The van der Waals surface area contributed by atoms with E-state index >= 15 is 0 Å². The fraction of sp³-hybridized carbons (Fsp3) is 0.0508. The Balaban J connectivity index is 1.16. The first-order valence-electron chi connectivity index (χ1n) is 21.2. The topological polar surface area (TPSA) is 16.4 Å². The van der Waals surface area contributed by atoms with Gasteiger partial charge in [-0.2, -0.15) is 0 Å². The highest BCUT2D eigenvalue weighted by Crippen LogP contribution is 2.53. The van der Waals surface area contributed by atoms with Gasteiger partial charge in [0.25, 0.3) is 0 Å². The monoisotopic (exact) mass is 779 g/mol. The van der Waals surface area contributed by atoms with Gasteiger partial charge in [0.15, 0.2) is 5.58 Å². The van der Waals surface area contributed by atoms with E-state index in [-0.39, 0.29) is 5.41 Å². The summed E-state index contributed by atoms with van der Waals surface area (Å²) in [7, 11) is 0. The molecule has 0 fully saturated rings. The van der Waals surface area contributed by atoms with Crippen molar-refractivity contribution in [2.45, 2.75) is 19.3 Å². The van der Waals surface area contributed by atoms with Gasteiger partial charge in [0.05, 0.1) is 5.69 Å². The zero-order valence-electron chi connectivity index (χ0n) is 34.1. The van der Waals surface area contributed by atoms with Gasteiger partial charge in [-0.1, -0.05) is 184 Å². The zero-order chi connectivity index (χ0) is 40.7. The molecule has 0 bridgehead atoms. The molecule has 0 saturated heterocycles. The van der Waals surface area contributed by atoms with Crippen LogP contribution in [0.1, 0.15) is 25.0 Å². The van der Waals surface area contributed by atoms with Gasteiger partial charge in [0.1, 0.15) is 5.58 Å². The van der Waals surface area contributed by atoms with Gasteiger partial charge < -0.3 is 9.32 Å². The standard InChI is InChI=1S/C59H41NO/c1-59(2)53-24-14-13-22-48(53)49-32-31-45(36-54(49)59)60(44-29-27-40(28-30-44)38-15-5-3-6-16-38)55-34-33-46(43-26-25-39-17-9-10-20-42(39)35-43)56-52-37-51(41-18-7-4-8-19-41)47-21-11-12-23-50(47)57(52)61-58(55)56/h3-37H,1-2H3. The van der Waals surface area contributed by atoms with Crippen LogP contribution in [-0.4, -0.2) is 0 Å². The number of nitrogens with zero attached hydrogens (tertiary/aromatic N) is 1. The van der Waals surface area contributed by atoms with Crippen LogP contribution in [0.3, 0.4) is 0 Å². The molecule has 10 aromatic carbocycles. The van der Waals surface area contributed by atoms with Crippen LogP contribution >= 0.6 is 0 Å². The Bertz CT molecular complexity index is 3490. The number of anilines is 3. The molecule has 11 aromatic rings. The molecule has 1 aliphatic rings. The van der Waals surface area contributed by atoms with Gasteiger partial charge in [-0.05, 0) is 114 Å². The Labute approximate surface area is 355 Å². The number of furan rings is 1. The first-order chi connectivity index (χ1) is 30.0. The van der Waals surface area contributed by atoms with Gasteiger partial charge in [0.2, 0.25) is 0 Å². The fourth-order valence-corrected chi connectivity index (χ4v) is 10.0. The second kappa shape index (κ2) is 13.7. The lowest BCUT2D eigenvalue weighted by Gasteiger charge is -2.28. The molecule has 0 N–H and O–H groups in total. The third-order valence-corrected chi connectivity index (χ3v) is 13.0. The lowest BCUT2D eigenvalue weighted by atomic mass is 9.82. The summed E-state index contributed by atoms with van der Waals surface area (Å²) in [6, 6.07) is 77.3. The van der Waals surface area contributed by atoms with Gasteiger partial charge in [-0.25, -0.2) is 0 Å². The van der Waals surface area contributed by atoms with Crippen LogP contribution in [-0.2, 0) is 5.41 Å². The van der Waals surface area contributed by atoms with Crippen LogP contribution in [0, 0.1) is 0 Å². The third-order valence-electron chi connectivity index (χ3n) is 13.0. The van der Waals surface area contributed by atoms with E-state index in [1.165, 1.54) is 60.7 Å². The molecule has 2 nitrogen and oxygen atoms in total. The largest absolute Gasteiger partial charge is 0.453 e. The maximum absolute atomic E-state index is 7.40. The number of fused-ring (bicyclic) bond motifs is 9. The van der Waals surface area contributed by atoms with Crippen molar-refractivity contribution < 1.29 is 4.42 Å². The maximum atomic E-state index is 7.40. The average Bonchev–Trinajstić information content (AvgIpc) is 3.82. The molecular weight excluding hydrogens is 739 g/mol. The predicted molar refractivity (Wildman–Crippen MR) is 257 cm³/mol. The Morgan fingerprint density at radius 2 is 0.967 bits per heavy atom. The molecule has 0 spiro atoms. The molecule has 0 amide bonds. The van der Waals surface area contributed by atoms with Crippen molar-refractivity contribution in [3.63, 3.8) is 0 Å². The van der Waals surface area contributed by atoms with Crippen molar-refractivity contribution in [2.75, 3.05) is 4.90 Å². The minimum Gasteiger partial charge on any atom is -0.453 e. The minimum atomic E-state index is -0.161. The number of benzene rings is 10. The lowest BCUT2D eigenvalue weighted by molar-refractivity contribution is 0.660. The van der Waals surface area contributed by atoms with E-state index in [1.54, 1.807) is 0 Å². The first-order valence-corrected chi connectivity index (χ1v) is 21.2. The summed E-state index contributed by atoms with van der Waals surface area (Å²) in [6.45, 7) is 4.71. The summed E-state index contributed by atoms with van der Waals surface area (Å²) in [5, 5.41) is 6.90. The average molecular weight is 780 g/mol. The Kier molecular flexibility index (Phi) is 7.92. The SMILES string of the molecule is CC1(C)c2ccccc2-c2ccc(N(c3ccc(-c4ccccc4)cc3)c3ccc(-c4ccc5ccccc5c4)c4c3oc3c5ccccc5c(-c5ccccc5)cc34)cc21. The molecule has 0 atom stereocenters. The molecular formula is C59H41NO. The van der Waals surface area contributed by atoms with Crippen LogP contribution in [0.5, 0.6) is 0 Å². The fourth-order valence-electron chi connectivity index (χ4n) is 10.0. The van der Waals surface area contributed by atoms with Crippen molar-refractivity contribution in [1.82, 2.24) is 0 Å². The summed E-state index contributed by atoms with van der Waals surface area (Å²) in [6.07, 6.45) is 0. The first kappa shape index (κ1) is 35.3. The minimum absolute atomic E-state index is 0.161. The van der Waals surface area contributed by atoms with E-state index in [1.807, 2.05) is 0 Å². The van der Waals surface area contributed by atoms with Crippen LogP contribution < -0.4 is 4.90 Å². The lowest BCUT2D eigenvalue weighted by Crippen LogP contribution is -2.16. The van der Waals surface area contributed by atoms with Crippen LogP contribution in [0.2, 0.25) is 0 Å². The molecule has 1 aliphatic carbocycles. The molecule has 288 valence electrons. The zero-order valence-corrected chi connectivity index (χ0v) is 34.1. The highest BCUT2D eigenvalue weighted by atomic mass is 16.3. The van der Waals surface area contributed by atoms with Crippen molar-refractivity contribution in [3.05, 3.63) is 223 Å². The van der Waals surface area contributed by atoms with E-state index in [2.05, 4.69) is 231 Å².